The molecule has 120 valence electrons. The first-order valence-corrected chi connectivity index (χ1v) is 7.60. The Morgan fingerprint density at radius 2 is 1.91 bits per heavy atom. The largest absolute Gasteiger partial charge is 0.421 e. The van der Waals surface area contributed by atoms with E-state index in [0.717, 1.165) is 24.0 Å². The summed E-state index contributed by atoms with van der Waals surface area (Å²) in [4.78, 5) is 23.1. The summed E-state index contributed by atoms with van der Waals surface area (Å²) in [6, 6.07) is 7.75. The van der Waals surface area contributed by atoms with Gasteiger partial charge in [0.25, 0.3) is 0 Å². The van der Waals surface area contributed by atoms with Crippen LogP contribution < -0.4 is 10.9 Å². The highest BCUT2D eigenvalue weighted by Crippen LogP contribution is 2.28. The minimum atomic E-state index is -0.283. The van der Waals surface area contributed by atoms with Gasteiger partial charge >= 0.3 is 0 Å². The number of hydrazine groups is 1. The van der Waals surface area contributed by atoms with E-state index in [4.69, 9.17) is 4.42 Å². The number of hydrogen-bond donors (Lipinski definition) is 2. The molecule has 0 aliphatic heterocycles. The fraction of sp³-hybridized carbons (Fsp3) is 0.375. The van der Waals surface area contributed by atoms with Crippen LogP contribution in [0.1, 0.15) is 30.7 Å². The number of aromatic nitrogens is 2. The Kier molecular flexibility index (Phi) is 4.36. The molecule has 0 bridgehead atoms. The van der Waals surface area contributed by atoms with E-state index in [1.165, 1.54) is 0 Å². The lowest BCUT2D eigenvalue weighted by molar-refractivity contribution is -0.129. The summed E-state index contributed by atoms with van der Waals surface area (Å²) in [6.45, 7) is 2.00. The average Bonchev–Trinajstić information content (AvgIpc) is 3.30. The molecule has 2 aromatic rings. The van der Waals surface area contributed by atoms with Crippen LogP contribution >= 0.6 is 0 Å². The highest BCUT2D eigenvalue weighted by molar-refractivity contribution is 5.84. The third-order valence-corrected chi connectivity index (χ3v) is 3.60. The smallest absolute Gasteiger partial charge is 0.247 e. The Bertz CT molecular complexity index is 704. The Hall–Kier alpha value is -2.70. The van der Waals surface area contributed by atoms with Crippen molar-refractivity contribution < 1.29 is 14.0 Å². The lowest BCUT2D eigenvalue weighted by Crippen LogP contribution is -2.42. The van der Waals surface area contributed by atoms with Crippen molar-refractivity contribution in [3.05, 3.63) is 35.7 Å². The molecule has 0 saturated heterocycles. The molecule has 0 spiro atoms. The first-order chi connectivity index (χ1) is 11.1. The molecule has 1 aromatic carbocycles. The highest BCUT2D eigenvalue weighted by atomic mass is 16.4. The molecule has 2 amide bonds. The molecule has 2 N–H and O–H groups in total. The predicted octanol–water partition coefficient (Wildman–Crippen LogP) is 1.54. The van der Waals surface area contributed by atoms with Gasteiger partial charge in [0.1, 0.15) is 0 Å². The van der Waals surface area contributed by atoms with Gasteiger partial charge < -0.3 is 4.42 Å². The summed E-state index contributed by atoms with van der Waals surface area (Å²) in [6.07, 6.45) is 2.28. The Morgan fingerprint density at radius 3 is 2.61 bits per heavy atom. The van der Waals surface area contributed by atoms with Crippen LogP contribution in [0.15, 0.2) is 28.7 Å². The maximum Gasteiger partial charge on any atom is 0.247 e. The minimum absolute atomic E-state index is 0.0586. The SMILES string of the molecule is Cc1ccc(-c2nnc(CCC(=O)NNC(=O)C3CC3)o2)cc1. The monoisotopic (exact) mass is 314 g/mol. The van der Waals surface area contributed by atoms with Crippen LogP contribution in [-0.4, -0.2) is 22.0 Å². The zero-order chi connectivity index (χ0) is 16.2. The topological polar surface area (TPSA) is 97.1 Å². The van der Waals surface area contributed by atoms with Crippen molar-refractivity contribution in [2.45, 2.75) is 32.6 Å². The lowest BCUT2D eigenvalue weighted by Gasteiger charge is -2.05. The van der Waals surface area contributed by atoms with Crippen molar-refractivity contribution in [2.24, 2.45) is 5.92 Å². The van der Waals surface area contributed by atoms with Gasteiger partial charge in [-0.2, -0.15) is 0 Å². The predicted molar refractivity (Wildman–Crippen MR) is 81.8 cm³/mol. The summed E-state index contributed by atoms with van der Waals surface area (Å²) in [5, 5.41) is 7.92. The maximum atomic E-state index is 11.7. The van der Waals surface area contributed by atoms with Gasteiger partial charge in [-0.05, 0) is 31.9 Å². The quantitative estimate of drug-likeness (QED) is 0.816. The molecule has 1 fully saturated rings. The lowest BCUT2D eigenvalue weighted by atomic mass is 10.1. The number of nitrogens with one attached hydrogen (secondary N) is 2. The van der Waals surface area contributed by atoms with E-state index in [9.17, 15) is 9.59 Å². The van der Waals surface area contributed by atoms with Gasteiger partial charge in [-0.1, -0.05) is 17.7 Å². The molecular weight excluding hydrogens is 296 g/mol. The molecule has 7 nitrogen and oxygen atoms in total. The molecule has 1 aliphatic carbocycles. The molecular formula is C16H18N4O3. The van der Waals surface area contributed by atoms with E-state index in [1.54, 1.807) is 0 Å². The maximum absolute atomic E-state index is 11.7. The van der Waals surface area contributed by atoms with Gasteiger partial charge in [0.15, 0.2) is 0 Å². The van der Waals surface area contributed by atoms with E-state index in [1.807, 2.05) is 31.2 Å². The Labute approximate surface area is 133 Å². The van der Waals surface area contributed by atoms with Crippen LogP contribution in [0.2, 0.25) is 0 Å². The van der Waals surface area contributed by atoms with Gasteiger partial charge in [0, 0.05) is 24.3 Å². The van der Waals surface area contributed by atoms with Crippen LogP contribution in [0, 0.1) is 12.8 Å². The first-order valence-electron chi connectivity index (χ1n) is 7.60. The van der Waals surface area contributed by atoms with Crippen molar-refractivity contribution in [1.82, 2.24) is 21.0 Å². The molecule has 0 atom stereocenters. The fourth-order valence-corrected chi connectivity index (χ4v) is 2.03. The number of aryl methyl sites for hydroxylation is 2. The number of rotatable bonds is 5. The summed E-state index contributed by atoms with van der Waals surface area (Å²) in [5.74, 6) is 0.474. The van der Waals surface area contributed by atoms with Gasteiger partial charge in [-0.15, -0.1) is 10.2 Å². The molecule has 1 heterocycles. The van der Waals surface area contributed by atoms with Gasteiger partial charge in [-0.3, -0.25) is 20.4 Å². The van der Waals surface area contributed by atoms with E-state index in [0.29, 0.717) is 18.2 Å². The van der Waals surface area contributed by atoms with Gasteiger partial charge in [0.2, 0.25) is 23.6 Å². The van der Waals surface area contributed by atoms with Crippen molar-refractivity contribution in [1.29, 1.82) is 0 Å². The highest BCUT2D eigenvalue weighted by Gasteiger charge is 2.29. The standard InChI is InChI=1S/C16H18N4O3/c1-10-2-4-12(5-3-10)16-20-18-14(23-16)9-8-13(21)17-19-15(22)11-6-7-11/h2-5,11H,6-9H2,1H3,(H,17,21)(H,19,22). The number of carbonyl (C=O) groups excluding carboxylic acids is 2. The van der Waals surface area contributed by atoms with Crippen LogP contribution in [0.5, 0.6) is 0 Å². The second kappa shape index (κ2) is 6.60. The molecule has 1 aliphatic rings. The summed E-state index contributed by atoms with van der Waals surface area (Å²) < 4.78 is 5.54. The zero-order valence-corrected chi connectivity index (χ0v) is 12.8. The van der Waals surface area contributed by atoms with Crippen molar-refractivity contribution in [2.75, 3.05) is 0 Å². The van der Waals surface area contributed by atoms with E-state index < -0.39 is 0 Å². The number of hydrogen-bond acceptors (Lipinski definition) is 5. The van der Waals surface area contributed by atoms with Crippen LogP contribution in [0.25, 0.3) is 11.5 Å². The van der Waals surface area contributed by atoms with Crippen molar-refractivity contribution in [3.8, 4) is 11.5 Å². The molecule has 23 heavy (non-hydrogen) atoms. The minimum Gasteiger partial charge on any atom is -0.421 e. The number of amides is 2. The molecule has 0 unspecified atom stereocenters. The Morgan fingerprint density at radius 1 is 1.17 bits per heavy atom. The summed E-state index contributed by atoms with van der Waals surface area (Å²) in [5.41, 5.74) is 6.80. The number of carbonyl (C=O) groups is 2. The zero-order valence-electron chi connectivity index (χ0n) is 12.8. The van der Waals surface area contributed by atoms with E-state index in [-0.39, 0.29) is 24.2 Å². The van der Waals surface area contributed by atoms with Crippen LogP contribution in [0.4, 0.5) is 0 Å². The average molecular weight is 314 g/mol. The van der Waals surface area contributed by atoms with Crippen LogP contribution in [-0.2, 0) is 16.0 Å². The molecule has 7 heteroatoms. The third-order valence-electron chi connectivity index (χ3n) is 3.60. The molecule has 0 radical (unpaired) electrons. The fourth-order valence-electron chi connectivity index (χ4n) is 2.03. The molecule has 1 saturated carbocycles. The molecule has 3 rings (SSSR count). The van der Waals surface area contributed by atoms with Gasteiger partial charge in [0.05, 0.1) is 0 Å². The first kappa shape index (κ1) is 15.2. The second-order valence-electron chi connectivity index (χ2n) is 5.68. The van der Waals surface area contributed by atoms with E-state index in [2.05, 4.69) is 21.0 Å². The summed E-state index contributed by atoms with van der Waals surface area (Å²) in [7, 11) is 0. The second-order valence-corrected chi connectivity index (χ2v) is 5.68. The van der Waals surface area contributed by atoms with Crippen LogP contribution in [0.3, 0.4) is 0 Å². The van der Waals surface area contributed by atoms with Crippen molar-refractivity contribution >= 4 is 11.8 Å². The Balaban J connectivity index is 1.47. The number of nitrogens with zero attached hydrogens (tertiary/aromatic N) is 2. The van der Waals surface area contributed by atoms with Crippen molar-refractivity contribution in [3.63, 3.8) is 0 Å². The van der Waals surface area contributed by atoms with E-state index >= 15 is 0 Å². The number of benzene rings is 1. The summed E-state index contributed by atoms with van der Waals surface area (Å²) >= 11 is 0. The molecule has 1 aromatic heterocycles. The normalized spacial score (nSPS) is 13.6. The third kappa shape index (κ3) is 4.15. The van der Waals surface area contributed by atoms with Gasteiger partial charge in [-0.25, -0.2) is 0 Å².